The van der Waals surface area contributed by atoms with Gasteiger partial charge in [0, 0.05) is 12.6 Å². The summed E-state index contributed by atoms with van der Waals surface area (Å²) in [5.74, 6) is 0.145. The highest BCUT2D eigenvalue weighted by Crippen LogP contribution is 2.30. The maximum Gasteiger partial charge on any atom is 0.186 e. The minimum absolute atomic E-state index is 0.295. The quantitative estimate of drug-likeness (QED) is 0.847. The summed E-state index contributed by atoms with van der Waals surface area (Å²) in [4.78, 5) is 10.0. The van der Waals surface area contributed by atoms with E-state index < -0.39 is 0 Å². The van der Waals surface area contributed by atoms with E-state index in [9.17, 15) is 4.39 Å². The molecule has 0 atom stereocenters. The first kappa shape index (κ1) is 12.2. The van der Waals surface area contributed by atoms with Crippen LogP contribution >= 0.6 is 0 Å². The van der Waals surface area contributed by atoms with Crippen LogP contribution in [0.5, 0.6) is 0 Å². The van der Waals surface area contributed by atoms with Crippen molar-refractivity contribution in [2.45, 2.75) is 38.6 Å². The number of aryl methyl sites for hydroxylation is 1. The van der Waals surface area contributed by atoms with Crippen molar-refractivity contribution in [3.05, 3.63) is 17.8 Å². The Morgan fingerprint density at radius 1 is 1.47 bits per heavy atom. The highest BCUT2D eigenvalue weighted by molar-refractivity contribution is 5.42. The fraction of sp³-hybridized carbons (Fsp3) is 0.667. The molecular weight excluding hydrogens is 219 g/mol. The Bertz CT molecular complexity index is 379. The number of aromatic nitrogens is 2. The normalized spacial score (nSPS) is 15.7. The van der Waals surface area contributed by atoms with Gasteiger partial charge in [-0.15, -0.1) is 0 Å². The molecule has 4 nitrogen and oxygen atoms in total. The predicted octanol–water partition coefficient (Wildman–Crippen LogP) is 1.63. The molecule has 0 aliphatic heterocycles. The van der Waals surface area contributed by atoms with Crippen molar-refractivity contribution < 1.29 is 4.39 Å². The molecule has 0 radical (unpaired) electrons. The Balaban J connectivity index is 2.21. The molecule has 0 bridgehead atoms. The number of nitrogens with two attached hydrogens (primary N) is 1. The Labute approximate surface area is 101 Å². The zero-order chi connectivity index (χ0) is 12.3. The van der Waals surface area contributed by atoms with E-state index in [4.69, 9.17) is 5.73 Å². The summed E-state index contributed by atoms with van der Waals surface area (Å²) in [7, 11) is 0. The molecule has 1 fully saturated rings. The Kier molecular flexibility index (Phi) is 3.89. The topological polar surface area (TPSA) is 55.0 Å². The van der Waals surface area contributed by atoms with E-state index in [0.29, 0.717) is 24.1 Å². The van der Waals surface area contributed by atoms with Gasteiger partial charge in [0.25, 0.3) is 0 Å². The Morgan fingerprint density at radius 3 is 2.82 bits per heavy atom. The van der Waals surface area contributed by atoms with Crippen LogP contribution in [-0.4, -0.2) is 29.1 Å². The molecule has 1 heterocycles. The van der Waals surface area contributed by atoms with Crippen molar-refractivity contribution in [2.24, 2.45) is 5.73 Å². The largest absolute Gasteiger partial charge is 0.351 e. The van der Waals surface area contributed by atoms with Gasteiger partial charge in [0.15, 0.2) is 11.6 Å². The molecular formula is C12H19FN4. The van der Waals surface area contributed by atoms with Crippen LogP contribution in [0.4, 0.5) is 10.2 Å². The van der Waals surface area contributed by atoms with Gasteiger partial charge in [-0.1, -0.05) is 0 Å². The van der Waals surface area contributed by atoms with Gasteiger partial charge < -0.3 is 10.6 Å². The van der Waals surface area contributed by atoms with Crippen LogP contribution in [0.25, 0.3) is 0 Å². The summed E-state index contributed by atoms with van der Waals surface area (Å²) in [6.07, 6.45) is 5.75. The first-order chi connectivity index (χ1) is 8.24. The molecule has 5 heteroatoms. The Morgan fingerprint density at radius 2 is 2.24 bits per heavy atom. The number of nitrogens with zero attached hydrogens (tertiary/aromatic N) is 3. The van der Waals surface area contributed by atoms with Crippen LogP contribution in [0.2, 0.25) is 0 Å². The number of hydrogen-bond donors (Lipinski definition) is 1. The molecule has 2 N–H and O–H groups in total. The van der Waals surface area contributed by atoms with Gasteiger partial charge >= 0.3 is 0 Å². The number of rotatable bonds is 5. The lowest BCUT2D eigenvalue weighted by atomic mass is 9.91. The fourth-order valence-corrected chi connectivity index (χ4v) is 2.07. The molecule has 0 unspecified atom stereocenters. The second-order valence-corrected chi connectivity index (χ2v) is 4.52. The van der Waals surface area contributed by atoms with Crippen molar-refractivity contribution >= 4 is 5.82 Å². The number of anilines is 1. The number of halogens is 1. The van der Waals surface area contributed by atoms with Crippen LogP contribution in [0.1, 0.15) is 31.4 Å². The van der Waals surface area contributed by atoms with Gasteiger partial charge in [-0.2, -0.15) is 0 Å². The van der Waals surface area contributed by atoms with Gasteiger partial charge in [0.1, 0.15) is 6.33 Å². The molecule has 94 valence electrons. The van der Waals surface area contributed by atoms with Crippen molar-refractivity contribution in [1.82, 2.24) is 9.97 Å². The molecule has 1 aliphatic rings. The molecule has 0 spiro atoms. The maximum atomic E-state index is 14.0. The lowest BCUT2D eigenvalue weighted by Gasteiger charge is -2.38. The molecule has 1 aliphatic carbocycles. The van der Waals surface area contributed by atoms with Crippen LogP contribution in [-0.2, 0) is 0 Å². The summed E-state index contributed by atoms with van der Waals surface area (Å²) >= 11 is 0. The van der Waals surface area contributed by atoms with Crippen molar-refractivity contribution in [2.75, 3.05) is 18.0 Å². The van der Waals surface area contributed by atoms with Crippen molar-refractivity contribution in [1.29, 1.82) is 0 Å². The minimum Gasteiger partial charge on any atom is -0.351 e. The Hall–Kier alpha value is -1.23. The molecule has 0 saturated heterocycles. The first-order valence-electron chi connectivity index (χ1n) is 6.18. The second kappa shape index (κ2) is 5.40. The summed E-state index contributed by atoms with van der Waals surface area (Å²) in [5, 5.41) is 0. The van der Waals surface area contributed by atoms with Crippen LogP contribution in [0.15, 0.2) is 6.33 Å². The van der Waals surface area contributed by atoms with E-state index in [1.165, 1.54) is 12.7 Å². The molecule has 17 heavy (non-hydrogen) atoms. The van der Waals surface area contributed by atoms with E-state index in [0.717, 1.165) is 25.8 Å². The lowest BCUT2D eigenvalue weighted by molar-refractivity contribution is 0.378. The molecule has 1 aromatic heterocycles. The zero-order valence-corrected chi connectivity index (χ0v) is 10.2. The van der Waals surface area contributed by atoms with E-state index in [1.54, 1.807) is 6.92 Å². The van der Waals surface area contributed by atoms with Gasteiger partial charge in [0.05, 0.1) is 5.69 Å². The third-order valence-corrected chi connectivity index (χ3v) is 3.34. The van der Waals surface area contributed by atoms with Gasteiger partial charge in [-0.3, -0.25) is 0 Å². The standard InChI is InChI=1S/C12H19FN4/c1-9-11(13)12(16-8-15-9)17(7-3-6-14)10-4-2-5-10/h8,10H,2-7,14H2,1H3. The third-order valence-electron chi connectivity index (χ3n) is 3.34. The smallest absolute Gasteiger partial charge is 0.186 e. The fourth-order valence-electron chi connectivity index (χ4n) is 2.07. The first-order valence-corrected chi connectivity index (χ1v) is 6.18. The van der Waals surface area contributed by atoms with E-state index >= 15 is 0 Å². The zero-order valence-electron chi connectivity index (χ0n) is 10.2. The SMILES string of the molecule is Cc1ncnc(N(CCCN)C2CCC2)c1F. The van der Waals surface area contributed by atoms with Crippen molar-refractivity contribution in [3.8, 4) is 0 Å². The van der Waals surface area contributed by atoms with Crippen LogP contribution in [0.3, 0.4) is 0 Å². The minimum atomic E-state index is -0.295. The van der Waals surface area contributed by atoms with Crippen LogP contribution in [0, 0.1) is 12.7 Å². The van der Waals surface area contributed by atoms with Gasteiger partial charge in [-0.05, 0) is 39.2 Å². The van der Waals surface area contributed by atoms with Crippen LogP contribution < -0.4 is 10.6 Å². The predicted molar refractivity (Wildman–Crippen MR) is 65.4 cm³/mol. The molecule has 0 aromatic carbocycles. The molecule has 1 aromatic rings. The molecule has 0 amide bonds. The second-order valence-electron chi connectivity index (χ2n) is 4.52. The lowest BCUT2D eigenvalue weighted by Crippen LogP contribution is -2.42. The maximum absolute atomic E-state index is 14.0. The average molecular weight is 238 g/mol. The van der Waals surface area contributed by atoms with Gasteiger partial charge in [0.2, 0.25) is 0 Å². The summed E-state index contributed by atoms with van der Waals surface area (Å²) in [6, 6.07) is 0.422. The highest BCUT2D eigenvalue weighted by Gasteiger charge is 2.27. The van der Waals surface area contributed by atoms with Gasteiger partial charge in [-0.25, -0.2) is 14.4 Å². The van der Waals surface area contributed by atoms with E-state index in [-0.39, 0.29) is 5.82 Å². The average Bonchev–Trinajstić information content (AvgIpc) is 2.26. The summed E-state index contributed by atoms with van der Waals surface area (Å²) < 4.78 is 14.0. The third kappa shape index (κ3) is 2.54. The monoisotopic (exact) mass is 238 g/mol. The number of hydrogen-bond acceptors (Lipinski definition) is 4. The molecule has 1 saturated carbocycles. The molecule has 2 rings (SSSR count). The summed E-state index contributed by atoms with van der Waals surface area (Å²) in [5.41, 5.74) is 5.94. The highest BCUT2D eigenvalue weighted by atomic mass is 19.1. The summed E-state index contributed by atoms with van der Waals surface area (Å²) in [6.45, 7) is 3.06. The van der Waals surface area contributed by atoms with E-state index in [1.807, 2.05) is 0 Å². The van der Waals surface area contributed by atoms with Crippen molar-refractivity contribution in [3.63, 3.8) is 0 Å². The van der Waals surface area contributed by atoms with E-state index in [2.05, 4.69) is 14.9 Å².